The van der Waals surface area contributed by atoms with Crippen LogP contribution < -0.4 is 4.80 Å². The van der Waals surface area contributed by atoms with Gasteiger partial charge in [-0.2, -0.15) is 4.99 Å². The van der Waals surface area contributed by atoms with Gasteiger partial charge in [0, 0.05) is 19.7 Å². The third kappa shape index (κ3) is 4.98. The lowest BCUT2D eigenvalue weighted by Crippen LogP contribution is -2.23. The predicted molar refractivity (Wildman–Crippen MR) is 123 cm³/mol. The highest BCUT2D eigenvalue weighted by atomic mass is 32.2. The second-order valence-electron chi connectivity index (χ2n) is 7.16. The Bertz CT molecular complexity index is 1320. The number of aryl methyl sites for hydroxylation is 1. The number of benzene rings is 2. The summed E-state index contributed by atoms with van der Waals surface area (Å²) in [5.74, 6) is -0.947. The fourth-order valence-electron chi connectivity index (χ4n) is 3.04. The molecule has 0 radical (unpaired) electrons. The lowest BCUT2D eigenvalue weighted by Gasteiger charge is -2.11. The van der Waals surface area contributed by atoms with E-state index in [2.05, 4.69) is 11.9 Å². The van der Waals surface area contributed by atoms with E-state index in [1.54, 1.807) is 11.5 Å². The highest BCUT2D eigenvalue weighted by molar-refractivity contribution is 7.89. The summed E-state index contributed by atoms with van der Waals surface area (Å²) in [4.78, 5) is 29.7. The Hall–Kier alpha value is -2.82. The summed E-state index contributed by atoms with van der Waals surface area (Å²) < 4.78 is 33.2. The van der Waals surface area contributed by atoms with E-state index in [4.69, 9.17) is 4.74 Å². The van der Waals surface area contributed by atoms with Gasteiger partial charge in [-0.3, -0.25) is 9.59 Å². The van der Waals surface area contributed by atoms with Gasteiger partial charge in [0.15, 0.2) is 4.80 Å². The number of esters is 1. The highest BCUT2D eigenvalue weighted by Crippen LogP contribution is 2.20. The molecule has 0 aliphatic carbocycles. The van der Waals surface area contributed by atoms with E-state index < -0.39 is 21.9 Å². The van der Waals surface area contributed by atoms with Crippen molar-refractivity contribution in [3.05, 3.63) is 58.4 Å². The van der Waals surface area contributed by atoms with Gasteiger partial charge in [-0.15, -0.1) is 0 Å². The highest BCUT2D eigenvalue weighted by Gasteiger charge is 2.18. The van der Waals surface area contributed by atoms with Crippen LogP contribution in [0.3, 0.4) is 0 Å². The number of nitrogens with zero attached hydrogens (tertiary/aromatic N) is 3. The molecule has 1 heterocycles. The zero-order chi connectivity index (χ0) is 23.5. The molecule has 0 fully saturated rings. The van der Waals surface area contributed by atoms with Gasteiger partial charge < -0.3 is 9.30 Å². The predicted octanol–water partition coefficient (Wildman–Crippen LogP) is 2.82. The monoisotopic (exact) mass is 475 g/mol. The van der Waals surface area contributed by atoms with Crippen molar-refractivity contribution in [2.45, 2.75) is 31.7 Å². The van der Waals surface area contributed by atoms with Crippen molar-refractivity contribution < 1.29 is 22.7 Å². The van der Waals surface area contributed by atoms with Crippen LogP contribution in [-0.2, 0) is 32.5 Å². The number of amides is 1. The van der Waals surface area contributed by atoms with E-state index in [1.165, 1.54) is 49.7 Å². The van der Waals surface area contributed by atoms with Crippen LogP contribution in [-0.4, -0.2) is 49.9 Å². The Balaban J connectivity index is 2.04. The first kappa shape index (κ1) is 23.8. The van der Waals surface area contributed by atoms with E-state index in [1.807, 2.05) is 18.2 Å². The molecule has 10 heteroatoms. The molecule has 0 aliphatic rings. The first-order chi connectivity index (χ1) is 15.2. The average molecular weight is 476 g/mol. The Labute approximate surface area is 190 Å². The first-order valence-electron chi connectivity index (χ1n) is 10.1. The topological polar surface area (TPSA) is 98.0 Å². The van der Waals surface area contributed by atoms with Crippen molar-refractivity contribution in [2.24, 2.45) is 4.99 Å². The maximum atomic E-state index is 12.8. The number of rotatable bonds is 7. The van der Waals surface area contributed by atoms with Crippen molar-refractivity contribution in [1.82, 2.24) is 8.87 Å². The largest absolute Gasteiger partial charge is 0.465 e. The molecule has 2 aromatic carbocycles. The Morgan fingerprint density at radius 3 is 2.38 bits per heavy atom. The molecule has 170 valence electrons. The number of ether oxygens (including phenoxy) is 1. The molecule has 0 spiro atoms. The zero-order valence-electron chi connectivity index (χ0n) is 18.4. The second-order valence-corrected chi connectivity index (χ2v) is 10.3. The van der Waals surface area contributed by atoms with E-state index >= 15 is 0 Å². The number of sulfonamides is 1. The van der Waals surface area contributed by atoms with Gasteiger partial charge in [0.05, 0.1) is 21.7 Å². The summed E-state index contributed by atoms with van der Waals surface area (Å²) in [6, 6.07) is 11.5. The minimum Gasteiger partial charge on any atom is -0.465 e. The molecule has 0 saturated carbocycles. The van der Waals surface area contributed by atoms with Gasteiger partial charge >= 0.3 is 5.97 Å². The molecule has 0 atom stereocenters. The zero-order valence-corrected chi connectivity index (χ0v) is 20.0. The lowest BCUT2D eigenvalue weighted by molar-refractivity contribution is -0.143. The molecule has 0 saturated heterocycles. The van der Waals surface area contributed by atoms with Gasteiger partial charge in [-0.05, 0) is 55.3 Å². The first-order valence-corrected chi connectivity index (χ1v) is 12.3. The number of carbonyl (C=O) groups is 2. The van der Waals surface area contributed by atoms with Crippen LogP contribution in [0.4, 0.5) is 0 Å². The van der Waals surface area contributed by atoms with Crippen molar-refractivity contribution in [1.29, 1.82) is 0 Å². The standard InChI is InChI=1S/C22H25N3O5S2/c1-5-15-7-12-18-19(13-15)31-22(25(18)14-20(26)30-6-2)23-21(27)16-8-10-17(11-9-16)32(28,29)24(3)4/h7-13H,5-6,14H2,1-4H3. The SMILES string of the molecule is CCOC(=O)Cn1c(=NC(=O)c2ccc(S(=O)(=O)N(C)C)cc2)sc2cc(CC)ccc21. The van der Waals surface area contributed by atoms with Crippen LogP contribution in [0.15, 0.2) is 52.4 Å². The van der Waals surface area contributed by atoms with Gasteiger partial charge in [-0.25, -0.2) is 12.7 Å². The molecular weight excluding hydrogens is 450 g/mol. The lowest BCUT2D eigenvalue weighted by atomic mass is 10.2. The van der Waals surface area contributed by atoms with Gasteiger partial charge in [0.1, 0.15) is 6.54 Å². The molecule has 0 unspecified atom stereocenters. The van der Waals surface area contributed by atoms with E-state index in [-0.39, 0.29) is 23.6 Å². The van der Waals surface area contributed by atoms with E-state index in [9.17, 15) is 18.0 Å². The summed E-state index contributed by atoms with van der Waals surface area (Å²) in [5.41, 5.74) is 2.17. The molecule has 3 rings (SSSR count). The summed E-state index contributed by atoms with van der Waals surface area (Å²) in [6.45, 7) is 3.98. The summed E-state index contributed by atoms with van der Waals surface area (Å²) >= 11 is 1.31. The number of fused-ring (bicyclic) bond motifs is 1. The second kappa shape index (κ2) is 9.76. The fraction of sp³-hybridized carbons (Fsp3) is 0.318. The molecule has 1 aromatic heterocycles. The Morgan fingerprint density at radius 2 is 1.78 bits per heavy atom. The fourth-order valence-corrected chi connectivity index (χ4v) is 5.04. The van der Waals surface area contributed by atoms with Gasteiger partial charge in [-0.1, -0.05) is 24.3 Å². The minimum absolute atomic E-state index is 0.0640. The van der Waals surface area contributed by atoms with Crippen LogP contribution in [0.1, 0.15) is 29.8 Å². The van der Waals surface area contributed by atoms with Gasteiger partial charge in [0.2, 0.25) is 10.0 Å². The molecule has 1 amide bonds. The Morgan fingerprint density at radius 1 is 1.09 bits per heavy atom. The molecule has 0 bridgehead atoms. The number of aromatic nitrogens is 1. The van der Waals surface area contributed by atoms with Crippen molar-refractivity contribution >= 4 is 43.5 Å². The van der Waals surface area contributed by atoms with Crippen molar-refractivity contribution in [2.75, 3.05) is 20.7 Å². The average Bonchev–Trinajstić information content (AvgIpc) is 3.09. The molecule has 32 heavy (non-hydrogen) atoms. The normalized spacial score (nSPS) is 12.5. The van der Waals surface area contributed by atoms with E-state index in [0.29, 0.717) is 4.80 Å². The number of thiazole rings is 1. The van der Waals surface area contributed by atoms with E-state index in [0.717, 1.165) is 26.5 Å². The third-order valence-electron chi connectivity index (χ3n) is 4.82. The van der Waals surface area contributed by atoms with Crippen LogP contribution in [0.5, 0.6) is 0 Å². The maximum absolute atomic E-state index is 12.8. The molecule has 0 N–H and O–H groups in total. The molecule has 3 aromatic rings. The third-order valence-corrected chi connectivity index (χ3v) is 7.70. The van der Waals surface area contributed by atoms with Crippen molar-refractivity contribution in [3.8, 4) is 0 Å². The number of hydrogen-bond acceptors (Lipinski definition) is 6. The van der Waals surface area contributed by atoms with Crippen LogP contribution in [0.25, 0.3) is 10.2 Å². The van der Waals surface area contributed by atoms with Crippen molar-refractivity contribution in [3.63, 3.8) is 0 Å². The number of hydrogen-bond donors (Lipinski definition) is 0. The Kier molecular flexibility index (Phi) is 7.27. The van der Waals surface area contributed by atoms with Crippen LogP contribution in [0, 0.1) is 0 Å². The molecular formula is C22H25N3O5S2. The molecule has 8 nitrogen and oxygen atoms in total. The molecule has 0 aliphatic heterocycles. The van der Waals surface area contributed by atoms with Gasteiger partial charge in [0.25, 0.3) is 5.91 Å². The minimum atomic E-state index is -3.59. The quantitative estimate of drug-likeness (QED) is 0.490. The van der Waals surface area contributed by atoms with Crippen LogP contribution >= 0.6 is 11.3 Å². The maximum Gasteiger partial charge on any atom is 0.326 e. The van der Waals surface area contributed by atoms with Crippen LogP contribution in [0.2, 0.25) is 0 Å². The summed E-state index contributed by atoms with van der Waals surface area (Å²) in [7, 11) is -0.706. The number of carbonyl (C=O) groups excluding carboxylic acids is 2. The smallest absolute Gasteiger partial charge is 0.326 e. The summed E-state index contributed by atoms with van der Waals surface area (Å²) in [5, 5.41) is 0. The summed E-state index contributed by atoms with van der Waals surface area (Å²) in [6.07, 6.45) is 0.860.